The van der Waals surface area contributed by atoms with Crippen LogP contribution in [-0.2, 0) is 11.3 Å². The summed E-state index contributed by atoms with van der Waals surface area (Å²) in [5, 5.41) is 14.3. The first-order valence-corrected chi connectivity index (χ1v) is 6.80. The molecule has 0 radical (unpaired) electrons. The number of benzene rings is 1. The van der Waals surface area contributed by atoms with Crippen molar-refractivity contribution in [1.29, 1.82) is 0 Å². The zero-order valence-corrected chi connectivity index (χ0v) is 11.6. The van der Waals surface area contributed by atoms with Gasteiger partial charge in [0.05, 0.1) is 12.0 Å². The van der Waals surface area contributed by atoms with Crippen molar-refractivity contribution in [2.75, 3.05) is 26.9 Å². The number of hydrogen-bond donors (Lipinski definition) is 1. The molecule has 1 heterocycles. The summed E-state index contributed by atoms with van der Waals surface area (Å²) in [6, 6.07) is 5.06. The van der Waals surface area contributed by atoms with Crippen LogP contribution in [0.5, 0.6) is 5.75 Å². The first kappa shape index (κ1) is 14.7. The lowest BCUT2D eigenvalue weighted by atomic mass is 10.0. The summed E-state index contributed by atoms with van der Waals surface area (Å²) >= 11 is 0. The highest BCUT2D eigenvalue weighted by Crippen LogP contribution is 2.27. The van der Waals surface area contributed by atoms with E-state index in [1.54, 1.807) is 12.1 Å². The average Bonchev–Trinajstić information content (AvgIpc) is 2.48. The van der Waals surface area contributed by atoms with E-state index in [9.17, 15) is 10.1 Å². The molecule has 1 aliphatic rings. The fraction of sp³-hybridized carbons (Fsp3) is 0.571. The molecule has 1 aromatic carbocycles. The van der Waals surface area contributed by atoms with Gasteiger partial charge < -0.3 is 14.8 Å². The van der Waals surface area contributed by atoms with E-state index in [0.717, 1.165) is 38.2 Å². The largest absolute Gasteiger partial charge is 0.490 e. The van der Waals surface area contributed by atoms with E-state index in [1.807, 2.05) is 6.07 Å². The summed E-state index contributed by atoms with van der Waals surface area (Å²) in [5.74, 6) is 0.931. The number of nitro groups is 1. The molecule has 0 aromatic heterocycles. The van der Waals surface area contributed by atoms with Gasteiger partial charge in [0.25, 0.3) is 0 Å². The SMILES string of the molecule is COc1ccc(CNCC2CCOCC2)cc1[N+](=O)[O-]. The van der Waals surface area contributed by atoms with Gasteiger partial charge in [0.1, 0.15) is 0 Å². The molecule has 0 bridgehead atoms. The molecule has 0 amide bonds. The van der Waals surface area contributed by atoms with Gasteiger partial charge >= 0.3 is 5.69 Å². The van der Waals surface area contributed by atoms with Crippen molar-refractivity contribution in [2.24, 2.45) is 5.92 Å². The second-order valence-corrected chi connectivity index (χ2v) is 4.95. The smallest absolute Gasteiger partial charge is 0.311 e. The third kappa shape index (κ3) is 3.91. The van der Waals surface area contributed by atoms with Crippen LogP contribution in [0.15, 0.2) is 18.2 Å². The van der Waals surface area contributed by atoms with Gasteiger partial charge in [0, 0.05) is 25.8 Å². The van der Waals surface area contributed by atoms with Crippen LogP contribution in [0.25, 0.3) is 0 Å². The summed E-state index contributed by atoms with van der Waals surface area (Å²) in [4.78, 5) is 10.5. The van der Waals surface area contributed by atoms with Gasteiger partial charge in [-0.1, -0.05) is 6.07 Å². The fourth-order valence-corrected chi connectivity index (χ4v) is 2.36. The van der Waals surface area contributed by atoms with Crippen molar-refractivity contribution in [1.82, 2.24) is 5.32 Å². The van der Waals surface area contributed by atoms with Crippen molar-refractivity contribution in [3.63, 3.8) is 0 Å². The molecule has 2 rings (SSSR count). The number of ether oxygens (including phenoxy) is 2. The van der Waals surface area contributed by atoms with E-state index in [1.165, 1.54) is 7.11 Å². The molecule has 1 N–H and O–H groups in total. The maximum absolute atomic E-state index is 10.9. The van der Waals surface area contributed by atoms with E-state index in [4.69, 9.17) is 9.47 Å². The van der Waals surface area contributed by atoms with E-state index < -0.39 is 4.92 Å². The van der Waals surface area contributed by atoms with Crippen LogP contribution >= 0.6 is 0 Å². The number of hydrogen-bond acceptors (Lipinski definition) is 5. The lowest BCUT2D eigenvalue weighted by Gasteiger charge is -2.22. The lowest BCUT2D eigenvalue weighted by Crippen LogP contribution is -2.27. The molecule has 1 saturated heterocycles. The van der Waals surface area contributed by atoms with Crippen molar-refractivity contribution in [3.05, 3.63) is 33.9 Å². The topological polar surface area (TPSA) is 73.6 Å². The Morgan fingerprint density at radius 2 is 2.20 bits per heavy atom. The zero-order chi connectivity index (χ0) is 14.4. The average molecular weight is 280 g/mol. The molecule has 0 spiro atoms. The van der Waals surface area contributed by atoms with Crippen molar-refractivity contribution < 1.29 is 14.4 Å². The van der Waals surface area contributed by atoms with Crippen molar-refractivity contribution in [3.8, 4) is 5.75 Å². The summed E-state index contributed by atoms with van der Waals surface area (Å²) in [7, 11) is 1.44. The first-order valence-electron chi connectivity index (χ1n) is 6.80. The highest BCUT2D eigenvalue weighted by molar-refractivity contribution is 5.48. The molecular weight excluding hydrogens is 260 g/mol. The number of nitrogens with one attached hydrogen (secondary N) is 1. The normalized spacial score (nSPS) is 16.1. The van der Waals surface area contributed by atoms with Crippen LogP contribution in [0.4, 0.5) is 5.69 Å². The molecule has 0 atom stereocenters. The molecule has 110 valence electrons. The summed E-state index contributed by atoms with van der Waals surface area (Å²) in [6.07, 6.45) is 2.16. The van der Waals surface area contributed by atoms with Crippen LogP contribution in [0.2, 0.25) is 0 Å². The highest BCUT2D eigenvalue weighted by Gasteiger charge is 2.16. The minimum absolute atomic E-state index is 0.0119. The molecule has 6 heteroatoms. The standard InChI is InChI=1S/C14H20N2O4/c1-19-14-3-2-12(8-13(14)16(17)18)10-15-9-11-4-6-20-7-5-11/h2-3,8,11,15H,4-7,9-10H2,1H3. The summed E-state index contributed by atoms with van der Waals surface area (Å²) < 4.78 is 10.3. The number of nitro benzene ring substituents is 1. The van der Waals surface area contributed by atoms with Crippen LogP contribution in [-0.4, -0.2) is 31.8 Å². The molecule has 6 nitrogen and oxygen atoms in total. The van der Waals surface area contributed by atoms with Gasteiger partial charge in [-0.05, 0) is 36.9 Å². The van der Waals surface area contributed by atoms with Gasteiger partial charge in [-0.2, -0.15) is 0 Å². The van der Waals surface area contributed by atoms with Crippen LogP contribution < -0.4 is 10.1 Å². The molecule has 20 heavy (non-hydrogen) atoms. The van der Waals surface area contributed by atoms with E-state index in [-0.39, 0.29) is 5.69 Å². The Kier molecular flexibility index (Phi) is 5.31. The molecule has 0 aliphatic carbocycles. The molecule has 0 saturated carbocycles. The minimum atomic E-state index is -0.416. The minimum Gasteiger partial charge on any atom is -0.490 e. The van der Waals surface area contributed by atoms with Crippen LogP contribution in [0.1, 0.15) is 18.4 Å². The fourth-order valence-electron chi connectivity index (χ4n) is 2.36. The third-order valence-electron chi connectivity index (χ3n) is 3.54. The second-order valence-electron chi connectivity index (χ2n) is 4.95. The van der Waals surface area contributed by atoms with Gasteiger partial charge in [-0.25, -0.2) is 0 Å². The van der Waals surface area contributed by atoms with Crippen LogP contribution in [0, 0.1) is 16.0 Å². The summed E-state index contributed by atoms with van der Waals surface area (Å²) in [6.45, 7) is 3.21. The van der Waals surface area contributed by atoms with Crippen molar-refractivity contribution >= 4 is 5.69 Å². The lowest BCUT2D eigenvalue weighted by molar-refractivity contribution is -0.385. The Hall–Kier alpha value is -1.66. The zero-order valence-electron chi connectivity index (χ0n) is 11.6. The Balaban J connectivity index is 1.89. The highest BCUT2D eigenvalue weighted by atomic mass is 16.6. The van der Waals surface area contributed by atoms with E-state index in [2.05, 4.69) is 5.32 Å². The van der Waals surface area contributed by atoms with Gasteiger partial charge in [0.15, 0.2) is 5.75 Å². The predicted octanol–water partition coefficient (Wildman–Crippen LogP) is 2.12. The maximum atomic E-state index is 10.9. The Morgan fingerprint density at radius 1 is 1.45 bits per heavy atom. The molecular formula is C14H20N2O4. The number of nitrogens with zero attached hydrogens (tertiary/aromatic N) is 1. The third-order valence-corrected chi connectivity index (χ3v) is 3.54. The molecule has 0 unspecified atom stereocenters. The van der Waals surface area contributed by atoms with Gasteiger partial charge in [-0.3, -0.25) is 10.1 Å². The Labute approximate surface area is 118 Å². The quantitative estimate of drug-likeness (QED) is 0.638. The summed E-state index contributed by atoms with van der Waals surface area (Å²) in [5.41, 5.74) is 0.905. The maximum Gasteiger partial charge on any atom is 0.311 e. The molecule has 1 aliphatic heterocycles. The van der Waals surface area contributed by atoms with Gasteiger partial charge in [-0.15, -0.1) is 0 Å². The van der Waals surface area contributed by atoms with E-state index >= 15 is 0 Å². The monoisotopic (exact) mass is 280 g/mol. The second kappa shape index (κ2) is 7.21. The van der Waals surface area contributed by atoms with Crippen molar-refractivity contribution in [2.45, 2.75) is 19.4 Å². The first-order chi connectivity index (χ1) is 9.70. The predicted molar refractivity (Wildman–Crippen MR) is 74.9 cm³/mol. The number of rotatable bonds is 6. The van der Waals surface area contributed by atoms with Crippen LogP contribution in [0.3, 0.4) is 0 Å². The van der Waals surface area contributed by atoms with Gasteiger partial charge in [0.2, 0.25) is 0 Å². The molecule has 1 aromatic rings. The Morgan fingerprint density at radius 3 is 2.85 bits per heavy atom. The van der Waals surface area contributed by atoms with E-state index in [0.29, 0.717) is 18.2 Å². The number of methoxy groups -OCH3 is 1. The Bertz CT molecular complexity index is 458. The molecule has 1 fully saturated rings.